The van der Waals surface area contributed by atoms with E-state index < -0.39 is 53.0 Å². The molecule has 0 spiro atoms. The Morgan fingerprint density at radius 1 is 1.26 bits per heavy atom. The van der Waals surface area contributed by atoms with Crippen LogP contribution in [0.5, 0.6) is 5.75 Å². The van der Waals surface area contributed by atoms with Gasteiger partial charge in [-0.15, -0.1) is 5.10 Å². The molecule has 0 unspecified atom stereocenters. The van der Waals surface area contributed by atoms with E-state index in [1.54, 1.807) is 0 Å². The molecule has 0 aliphatic rings. The molecule has 0 aliphatic carbocycles. The van der Waals surface area contributed by atoms with Crippen molar-refractivity contribution in [1.82, 2.24) is 19.6 Å². The molecule has 0 radical (unpaired) electrons. The van der Waals surface area contributed by atoms with Gasteiger partial charge in [-0.05, 0) is 13.0 Å². The molecule has 2 heterocycles. The fourth-order valence-corrected chi connectivity index (χ4v) is 2.46. The summed E-state index contributed by atoms with van der Waals surface area (Å²) in [4.78, 5) is 30.2. The smallest absolute Gasteiger partial charge is 0.422 e. The van der Waals surface area contributed by atoms with Gasteiger partial charge in [0.2, 0.25) is 5.82 Å². The van der Waals surface area contributed by atoms with Crippen LogP contribution in [-0.2, 0) is 0 Å². The Bertz CT molecular complexity index is 1160. The number of aromatic nitrogens is 4. The third-order valence-corrected chi connectivity index (χ3v) is 3.66. The third kappa shape index (κ3) is 5.18. The van der Waals surface area contributed by atoms with Crippen LogP contribution in [0.2, 0.25) is 0 Å². The van der Waals surface area contributed by atoms with E-state index in [1.165, 1.54) is 6.92 Å². The van der Waals surface area contributed by atoms with Crippen molar-refractivity contribution in [1.29, 1.82) is 0 Å². The van der Waals surface area contributed by atoms with E-state index in [4.69, 9.17) is 0 Å². The zero-order valence-electron chi connectivity index (χ0n) is 15.4. The minimum absolute atomic E-state index is 0.201. The van der Waals surface area contributed by atoms with Gasteiger partial charge in [-0.3, -0.25) is 14.9 Å². The van der Waals surface area contributed by atoms with Crippen LogP contribution >= 0.6 is 0 Å². The summed E-state index contributed by atoms with van der Waals surface area (Å²) in [5, 5.41) is 16.8. The number of benzene rings is 1. The molecule has 31 heavy (non-hydrogen) atoms. The van der Waals surface area contributed by atoms with Gasteiger partial charge in [0.15, 0.2) is 6.61 Å². The number of hydrogen-bond donors (Lipinski definition) is 1. The highest BCUT2D eigenvalue weighted by Gasteiger charge is 2.29. The van der Waals surface area contributed by atoms with Crippen molar-refractivity contribution in [3.8, 4) is 5.75 Å². The number of nitrogens with zero attached hydrogens (tertiary/aromatic N) is 5. The summed E-state index contributed by atoms with van der Waals surface area (Å²) < 4.78 is 68.5. The molecule has 1 aromatic carbocycles. The number of alkyl halides is 5. The maximum absolute atomic E-state index is 13.2. The van der Waals surface area contributed by atoms with Crippen LogP contribution in [0, 0.1) is 17.0 Å². The number of nitro groups is 1. The molecule has 0 fully saturated rings. The first-order chi connectivity index (χ1) is 14.4. The van der Waals surface area contributed by atoms with Gasteiger partial charge in [0, 0.05) is 17.8 Å². The van der Waals surface area contributed by atoms with Gasteiger partial charge in [0.05, 0.1) is 16.7 Å². The predicted octanol–water partition coefficient (Wildman–Crippen LogP) is 3.47. The Kier molecular flexibility index (Phi) is 5.68. The van der Waals surface area contributed by atoms with Gasteiger partial charge in [-0.1, -0.05) is 0 Å². The first kappa shape index (κ1) is 21.8. The highest BCUT2D eigenvalue weighted by molar-refractivity contribution is 6.02. The molecule has 2 aromatic heterocycles. The summed E-state index contributed by atoms with van der Waals surface area (Å²) in [5.41, 5.74) is -1.32. The lowest BCUT2D eigenvalue weighted by Gasteiger charge is -2.10. The second kappa shape index (κ2) is 8.08. The molecule has 3 aromatic rings. The normalized spacial score (nSPS) is 11.7. The molecule has 3 rings (SSSR count). The van der Waals surface area contributed by atoms with Crippen LogP contribution in [0.1, 0.15) is 28.4 Å². The number of amides is 1. The third-order valence-electron chi connectivity index (χ3n) is 3.66. The number of anilines is 1. The minimum atomic E-state index is -4.69. The highest BCUT2D eigenvalue weighted by atomic mass is 19.4. The zero-order valence-corrected chi connectivity index (χ0v) is 15.4. The molecule has 0 saturated carbocycles. The molecule has 164 valence electrons. The maximum atomic E-state index is 13.2. The van der Waals surface area contributed by atoms with E-state index in [0.717, 1.165) is 24.3 Å². The maximum Gasteiger partial charge on any atom is 0.422 e. The van der Waals surface area contributed by atoms with Crippen LogP contribution in [0.15, 0.2) is 24.3 Å². The summed E-state index contributed by atoms with van der Waals surface area (Å²) in [6.07, 6.45) is -7.63. The van der Waals surface area contributed by atoms with E-state index in [1.807, 2.05) is 0 Å². The van der Waals surface area contributed by atoms with Gasteiger partial charge >= 0.3 is 6.18 Å². The van der Waals surface area contributed by atoms with Gasteiger partial charge < -0.3 is 10.1 Å². The standard InChI is InChI=1S/C16H11F5N6O4/c1-7-2-11(12(17)18)26-15(22-7)24-13(25-26)14(28)23-8-3-9(27(29)30)5-10(4-8)31-6-16(19,20)21/h2-5,12H,6H2,1H3,(H,23,28). The Morgan fingerprint density at radius 2 is 1.97 bits per heavy atom. The van der Waals surface area contributed by atoms with E-state index in [2.05, 4.69) is 25.1 Å². The molecule has 0 atom stereocenters. The van der Waals surface area contributed by atoms with Crippen LogP contribution in [0.4, 0.5) is 33.3 Å². The number of non-ortho nitro benzene ring substituents is 1. The van der Waals surface area contributed by atoms with Crippen LogP contribution < -0.4 is 10.1 Å². The number of carbonyl (C=O) groups excluding carboxylic acids is 1. The number of hydrogen-bond acceptors (Lipinski definition) is 7. The van der Waals surface area contributed by atoms with Gasteiger partial charge in [-0.25, -0.2) is 13.8 Å². The molecular weight excluding hydrogens is 435 g/mol. The van der Waals surface area contributed by atoms with Crippen molar-refractivity contribution in [3.63, 3.8) is 0 Å². The Morgan fingerprint density at radius 3 is 2.58 bits per heavy atom. The van der Waals surface area contributed by atoms with Crippen molar-refractivity contribution < 1.29 is 36.4 Å². The SMILES string of the molecule is Cc1cc(C(F)F)n2nc(C(=O)Nc3cc(OCC(F)(F)F)cc([N+](=O)[O-])c3)nc2n1. The molecule has 15 heteroatoms. The van der Waals surface area contributed by atoms with Gasteiger partial charge in [0.25, 0.3) is 23.8 Å². The Hall–Kier alpha value is -3.91. The largest absolute Gasteiger partial charge is 0.484 e. The first-order valence-corrected chi connectivity index (χ1v) is 8.26. The number of nitro benzene ring substituents is 1. The molecular formula is C16H11F5N6O4. The van der Waals surface area contributed by atoms with E-state index in [-0.39, 0.29) is 17.2 Å². The number of fused-ring (bicyclic) bond motifs is 1. The number of carbonyl (C=O) groups is 1. The van der Waals surface area contributed by atoms with Crippen molar-refractivity contribution in [2.24, 2.45) is 0 Å². The summed E-state index contributed by atoms with van der Waals surface area (Å²) in [7, 11) is 0. The highest BCUT2D eigenvalue weighted by Crippen LogP contribution is 2.28. The van der Waals surface area contributed by atoms with Crippen molar-refractivity contribution in [2.75, 3.05) is 11.9 Å². The monoisotopic (exact) mass is 446 g/mol. The van der Waals surface area contributed by atoms with Crippen molar-refractivity contribution in [2.45, 2.75) is 19.5 Å². The molecule has 0 bridgehead atoms. The molecule has 0 aliphatic heterocycles. The number of aryl methyl sites for hydroxylation is 1. The minimum Gasteiger partial charge on any atom is -0.484 e. The number of rotatable bonds is 6. The lowest BCUT2D eigenvalue weighted by atomic mass is 10.2. The first-order valence-electron chi connectivity index (χ1n) is 8.26. The Labute approximate surface area is 168 Å². The Balaban J connectivity index is 1.91. The summed E-state index contributed by atoms with van der Waals surface area (Å²) >= 11 is 0. The zero-order chi connectivity index (χ0) is 22.9. The lowest BCUT2D eigenvalue weighted by molar-refractivity contribution is -0.384. The number of ether oxygens (including phenoxy) is 1. The topological polar surface area (TPSA) is 125 Å². The summed E-state index contributed by atoms with van der Waals surface area (Å²) in [6, 6.07) is 3.57. The van der Waals surface area contributed by atoms with Crippen LogP contribution in [-0.4, -0.2) is 43.2 Å². The van der Waals surface area contributed by atoms with Gasteiger partial charge in [-0.2, -0.15) is 22.7 Å². The van der Waals surface area contributed by atoms with Crippen molar-refractivity contribution in [3.05, 3.63) is 51.6 Å². The van der Waals surface area contributed by atoms with E-state index in [0.29, 0.717) is 4.52 Å². The molecule has 10 nitrogen and oxygen atoms in total. The van der Waals surface area contributed by atoms with Crippen molar-refractivity contribution >= 4 is 23.1 Å². The molecule has 1 N–H and O–H groups in total. The van der Waals surface area contributed by atoms with Crippen LogP contribution in [0.25, 0.3) is 5.78 Å². The quantitative estimate of drug-likeness (QED) is 0.349. The summed E-state index contributed by atoms with van der Waals surface area (Å²) in [6.45, 7) is -0.275. The fourth-order valence-electron chi connectivity index (χ4n) is 2.46. The van der Waals surface area contributed by atoms with E-state index >= 15 is 0 Å². The lowest BCUT2D eigenvalue weighted by Crippen LogP contribution is -2.19. The summed E-state index contributed by atoms with van der Waals surface area (Å²) in [5.74, 6) is -2.47. The number of halogens is 5. The predicted molar refractivity (Wildman–Crippen MR) is 93.1 cm³/mol. The number of nitrogens with one attached hydrogen (secondary N) is 1. The molecule has 0 saturated heterocycles. The van der Waals surface area contributed by atoms with Crippen LogP contribution in [0.3, 0.4) is 0 Å². The second-order valence-corrected chi connectivity index (χ2v) is 6.10. The average Bonchev–Trinajstić information content (AvgIpc) is 3.08. The second-order valence-electron chi connectivity index (χ2n) is 6.10. The molecule has 1 amide bonds. The fraction of sp³-hybridized carbons (Fsp3) is 0.250. The van der Waals surface area contributed by atoms with Gasteiger partial charge in [0.1, 0.15) is 11.4 Å². The average molecular weight is 446 g/mol. The van der Waals surface area contributed by atoms with E-state index in [9.17, 15) is 36.9 Å².